The van der Waals surface area contributed by atoms with Crippen LogP contribution in [0, 0.1) is 11.8 Å². The molecule has 5 aliphatic rings. The molecule has 1 amide bonds. The molecule has 5 nitrogen and oxygen atoms in total. The van der Waals surface area contributed by atoms with E-state index in [1.807, 2.05) is 4.90 Å². The minimum atomic E-state index is -0.128. The topological polar surface area (TPSA) is 47.0 Å². The zero-order chi connectivity index (χ0) is 18.5. The summed E-state index contributed by atoms with van der Waals surface area (Å²) in [6, 6.07) is 1.72. The van der Waals surface area contributed by atoms with Gasteiger partial charge in [0.1, 0.15) is 0 Å². The molecule has 5 rings (SSSR count). The van der Waals surface area contributed by atoms with E-state index in [4.69, 9.17) is 0 Å². The number of amides is 1. The van der Waals surface area contributed by atoms with Crippen LogP contribution < -0.4 is 0 Å². The van der Waals surface area contributed by atoms with Crippen LogP contribution in [0.2, 0.25) is 0 Å². The van der Waals surface area contributed by atoms with E-state index in [9.17, 15) is 9.90 Å². The molecule has 0 radical (unpaired) electrons. The van der Waals surface area contributed by atoms with Crippen LogP contribution in [0.1, 0.15) is 58.3 Å². The normalized spacial score (nSPS) is 42.9. The minimum absolute atomic E-state index is 0.128. The van der Waals surface area contributed by atoms with E-state index in [-0.39, 0.29) is 12.0 Å². The van der Waals surface area contributed by atoms with E-state index in [0.29, 0.717) is 18.0 Å². The maximum absolute atomic E-state index is 12.0. The fourth-order valence-corrected chi connectivity index (χ4v) is 7.02. The molecular weight excluding hydrogens is 338 g/mol. The average Bonchev–Trinajstić information content (AvgIpc) is 2.69. The molecule has 0 aromatic heterocycles. The number of nitrogens with zero attached hydrogens (tertiary/aromatic N) is 3. The standard InChI is InChI=1S/C22H35N3O2/c1-15(26)23-8-4-5-16(13-23)22-19-11-17(20-6-2-3-9-25(20)22)14-24-10-7-18(27)12-21(19)24/h13,17-22,27H,2-12,14H2,1H3/t17-,18-,19+,20+,21-,22+/m0/s1. The third-order valence-corrected chi connectivity index (χ3v) is 8.14. The smallest absolute Gasteiger partial charge is 0.223 e. The van der Waals surface area contributed by atoms with E-state index in [0.717, 1.165) is 50.7 Å². The molecule has 1 N–H and O–H groups in total. The van der Waals surface area contributed by atoms with Crippen LogP contribution in [0.5, 0.6) is 0 Å². The quantitative estimate of drug-likeness (QED) is 0.766. The Morgan fingerprint density at radius 1 is 1.07 bits per heavy atom. The lowest BCUT2D eigenvalue weighted by molar-refractivity contribution is -0.127. The van der Waals surface area contributed by atoms with Crippen molar-refractivity contribution in [3.8, 4) is 0 Å². The average molecular weight is 374 g/mol. The second-order valence-electron chi connectivity index (χ2n) is 9.67. The number of fused-ring (bicyclic) bond motifs is 6. The maximum Gasteiger partial charge on any atom is 0.223 e. The van der Waals surface area contributed by atoms with Crippen molar-refractivity contribution in [2.24, 2.45) is 11.8 Å². The summed E-state index contributed by atoms with van der Waals surface area (Å²) in [4.78, 5) is 19.5. The molecule has 5 heterocycles. The molecular formula is C22H35N3O2. The van der Waals surface area contributed by atoms with Gasteiger partial charge >= 0.3 is 0 Å². The number of hydrogen-bond acceptors (Lipinski definition) is 4. The summed E-state index contributed by atoms with van der Waals surface area (Å²) in [7, 11) is 0. The molecule has 0 aliphatic carbocycles. The van der Waals surface area contributed by atoms with Gasteiger partial charge in [-0.3, -0.25) is 14.6 Å². The second-order valence-corrected chi connectivity index (χ2v) is 9.67. The number of rotatable bonds is 1. The van der Waals surface area contributed by atoms with E-state index in [1.54, 1.807) is 6.92 Å². The van der Waals surface area contributed by atoms with Crippen molar-refractivity contribution in [3.05, 3.63) is 11.8 Å². The first-order valence-electron chi connectivity index (χ1n) is 11.3. The minimum Gasteiger partial charge on any atom is -0.393 e. The van der Waals surface area contributed by atoms with Crippen molar-refractivity contribution in [3.63, 3.8) is 0 Å². The molecule has 0 saturated carbocycles. The summed E-state index contributed by atoms with van der Waals surface area (Å²) in [6.45, 7) is 6.09. The van der Waals surface area contributed by atoms with Gasteiger partial charge < -0.3 is 10.0 Å². The predicted molar refractivity (Wildman–Crippen MR) is 105 cm³/mol. The Morgan fingerprint density at radius 3 is 2.81 bits per heavy atom. The highest BCUT2D eigenvalue weighted by molar-refractivity contribution is 5.74. The fourth-order valence-electron chi connectivity index (χ4n) is 7.02. The number of aliphatic hydroxyl groups excluding tert-OH is 1. The van der Waals surface area contributed by atoms with Crippen LogP contribution in [0.3, 0.4) is 0 Å². The Balaban J connectivity index is 1.51. The first kappa shape index (κ1) is 18.1. The van der Waals surface area contributed by atoms with Gasteiger partial charge in [0.05, 0.1) is 6.10 Å². The van der Waals surface area contributed by atoms with Gasteiger partial charge in [-0.05, 0) is 68.9 Å². The first-order chi connectivity index (χ1) is 13.1. The van der Waals surface area contributed by atoms with Crippen molar-refractivity contribution in [2.45, 2.75) is 82.5 Å². The lowest BCUT2D eigenvalue weighted by Gasteiger charge is -2.61. The molecule has 4 fully saturated rings. The third-order valence-electron chi connectivity index (χ3n) is 8.14. The molecule has 6 atom stereocenters. The fraction of sp³-hybridized carbons (Fsp3) is 0.864. The number of carbonyl (C=O) groups excluding carboxylic acids is 1. The van der Waals surface area contributed by atoms with Crippen LogP contribution in [0.4, 0.5) is 0 Å². The predicted octanol–water partition coefficient (Wildman–Crippen LogP) is 2.21. The Kier molecular flexibility index (Phi) is 4.81. The molecule has 0 aromatic carbocycles. The van der Waals surface area contributed by atoms with Crippen LogP contribution in [-0.4, -0.2) is 76.1 Å². The zero-order valence-corrected chi connectivity index (χ0v) is 16.7. The summed E-state index contributed by atoms with van der Waals surface area (Å²) in [5.74, 6) is 1.59. The monoisotopic (exact) mass is 373 g/mol. The molecule has 2 bridgehead atoms. The van der Waals surface area contributed by atoms with Crippen LogP contribution in [0.25, 0.3) is 0 Å². The van der Waals surface area contributed by atoms with Crippen molar-refractivity contribution >= 4 is 5.91 Å². The zero-order valence-electron chi connectivity index (χ0n) is 16.7. The summed E-state index contributed by atoms with van der Waals surface area (Å²) < 4.78 is 0. The highest BCUT2D eigenvalue weighted by atomic mass is 16.3. The lowest BCUT2D eigenvalue weighted by Crippen LogP contribution is -2.68. The van der Waals surface area contributed by atoms with Gasteiger partial charge in [0.25, 0.3) is 0 Å². The molecule has 5 heteroatoms. The van der Waals surface area contributed by atoms with Crippen molar-refractivity contribution in [2.75, 3.05) is 26.2 Å². The van der Waals surface area contributed by atoms with Crippen LogP contribution in [-0.2, 0) is 4.79 Å². The Morgan fingerprint density at radius 2 is 1.96 bits per heavy atom. The highest BCUT2D eigenvalue weighted by Gasteiger charge is 2.53. The van der Waals surface area contributed by atoms with E-state index in [1.165, 1.54) is 44.3 Å². The summed E-state index contributed by atoms with van der Waals surface area (Å²) in [6.07, 6.45) is 11.5. The molecule has 5 aliphatic heterocycles. The highest BCUT2D eigenvalue weighted by Crippen LogP contribution is 2.48. The molecule has 27 heavy (non-hydrogen) atoms. The van der Waals surface area contributed by atoms with Gasteiger partial charge in [-0.1, -0.05) is 6.42 Å². The summed E-state index contributed by atoms with van der Waals surface area (Å²) >= 11 is 0. The van der Waals surface area contributed by atoms with Gasteiger partial charge in [0, 0.05) is 50.9 Å². The number of piperidine rings is 4. The van der Waals surface area contributed by atoms with E-state index >= 15 is 0 Å². The molecule has 0 aromatic rings. The van der Waals surface area contributed by atoms with Gasteiger partial charge in [-0.2, -0.15) is 0 Å². The maximum atomic E-state index is 12.0. The van der Waals surface area contributed by atoms with Gasteiger partial charge in [0.15, 0.2) is 0 Å². The molecule has 0 unspecified atom stereocenters. The third kappa shape index (κ3) is 3.16. The molecule has 0 spiro atoms. The van der Waals surface area contributed by atoms with Gasteiger partial charge in [-0.15, -0.1) is 0 Å². The number of carbonyl (C=O) groups is 1. The van der Waals surface area contributed by atoms with Crippen molar-refractivity contribution in [1.29, 1.82) is 0 Å². The second kappa shape index (κ2) is 7.16. The molecule has 4 saturated heterocycles. The number of aliphatic hydroxyl groups is 1. The van der Waals surface area contributed by atoms with E-state index in [2.05, 4.69) is 16.0 Å². The largest absolute Gasteiger partial charge is 0.393 e. The van der Waals surface area contributed by atoms with Crippen LogP contribution >= 0.6 is 0 Å². The summed E-state index contributed by atoms with van der Waals surface area (Å²) in [5, 5.41) is 10.4. The Labute approximate surface area is 163 Å². The Bertz CT molecular complexity index is 621. The van der Waals surface area contributed by atoms with Gasteiger partial charge in [-0.25, -0.2) is 0 Å². The van der Waals surface area contributed by atoms with Crippen molar-refractivity contribution < 1.29 is 9.90 Å². The van der Waals surface area contributed by atoms with Crippen LogP contribution in [0.15, 0.2) is 11.8 Å². The first-order valence-corrected chi connectivity index (χ1v) is 11.3. The SMILES string of the molecule is CC(=O)N1C=C([C@@H]2[C@@H]3C[C@@H](CN4CC[C@H](O)C[C@@H]34)[C@H]3CCCCN32)CCC1. The van der Waals surface area contributed by atoms with E-state index < -0.39 is 0 Å². The summed E-state index contributed by atoms with van der Waals surface area (Å²) in [5.41, 5.74) is 1.49. The van der Waals surface area contributed by atoms with Gasteiger partial charge in [0.2, 0.25) is 5.91 Å². The Hall–Kier alpha value is -0.910. The lowest BCUT2D eigenvalue weighted by atomic mass is 9.65. The molecule has 150 valence electrons. The van der Waals surface area contributed by atoms with Crippen molar-refractivity contribution in [1.82, 2.24) is 14.7 Å². The number of hydrogen-bond donors (Lipinski definition) is 1.